The van der Waals surface area contributed by atoms with E-state index in [-0.39, 0.29) is 11.8 Å². The Labute approximate surface area is 218 Å². The number of carbonyl (C=O) groups is 2. The summed E-state index contributed by atoms with van der Waals surface area (Å²) in [5.74, 6) is 1.74. The van der Waals surface area contributed by atoms with Crippen LogP contribution < -0.4 is 15.4 Å². The van der Waals surface area contributed by atoms with Gasteiger partial charge in [0.15, 0.2) is 0 Å². The highest BCUT2D eigenvalue weighted by molar-refractivity contribution is 5.94. The number of methoxy groups -OCH3 is 1. The van der Waals surface area contributed by atoms with Crippen molar-refractivity contribution in [2.45, 2.75) is 26.7 Å². The smallest absolute Gasteiger partial charge is 0.253 e. The lowest BCUT2D eigenvalue weighted by Crippen LogP contribution is -2.22. The van der Waals surface area contributed by atoms with E-state index in [1.54, 1.807) is 63.8 Å². The third kappa shape index (κ3) is 7.75. The zero-order chi connectivity index (χ0) is 26.8. The molecule has 1 unspecified atom stereocenters. The van der Waals surface area contributed by atoms with E-state index in [0.29, 0.717) is 54.1 Å². The maximum atomic E-state index is 12.2. The zero-order valence-corrected chi connectivity index (χ0v) is 22.1. The second-order valence-corrected chi connectivity index (χ2v) is 8.86. The number of anilines is 2. The number of amides is 2. The molecule has 3 aromatic rings. The topological polar surface area (TPSA) is 106 Å². The molecule has 2 amide bonds. The van der Waals surface area contributed by atoms with Crippen LogP contribution >= 0.6 is 0 Å². The first-order valence-corrected chi connectivity index (χ1v) is 12.3. The average molecular weight is 506 g/mol. The molecule has 0 aliphatic rings. The molecule has 37 heavy (non-hydrogen) atoms. The molecule has 0 aliphatic heterocycles. The fourth-order valence-electron chi connectivity index (χ4n) is 3.72. The van der Waals surface area contributed by atoms with Crippen LogP contribution in [0.2, 0.25) is 0 Å². The highest BCUT2D eigenvalue weighted by Crippen LogP contribution is 2.29. The molecule has 9 nitrogen and oxygen atoms in total. The second kappa shape index (κ2) is 13.4. The summed E-state index contributed by atoms with van der Waals surface area (Å²) < 4.78 is 11.5. The summed E-state index contributed by atoms with van der Waals surface area (Å²) >= 11 is 0. The number of pyridine rings is 2. The highest BCUT2D eigenvalue weighted by atomic mass is 16.5. The summed E-state index contributed by atoms with van der Waals surface area (Å²) in [5.41, 5.74) is 2.75. The number of benzene rings is 1. The van der Waals surface area contributed by atoms with Gasteiger partial charge in [-0.05, 0) is 61.7 Å². The number of nitrogens with zero attached hydrogens (tertiary/aromatic N) is 3. The van der Waals surface area contributed by atoms with E-state index in [1.807, 2.05) is 13.0 Å². The molecular formula is C28H35N5O4. The van der Waals surface area contributed by atoms with Crippen molar-refractivity contribution in [2.75, 3.05) is 39.7 Å². The van der Waals surface area contributed by atoms with E-state index in [1.165, 1.54) is 11.1 Å². The number of nitrogens with one attached hydrogen (secondary N) is 2. The molecule has 2 N–H and O–H groups in total. The van der Waals surface area contributed by atoms with Crippen LogP contribution in [0.15, 0.2) is 54.9 Å². The summed E-state index contributed by atoms with van der Waals surface area (Å²) in [6, 6.07) is 12.5. The first-order chi connectivity index (χ1) is 17.8. The quantitative estimate of drug-likeness (QED) is 0.368. The Morgan fingerprint density at radius 2 is 1.73 bits per heavy atom. The molecule has 0 fully saturated rings. The van der Waals surface area contributed by atoms with E-state index in [0.717, 1.165) is 17.7 Å². The minimum absolute atomic E-state index is 0.0706. The van der Waals surface area contributed by atoms with Gasteiger partial charge < -0.3 is 25.0 Å². The Balaban J connectivity index is 1.83. The summed E-state index contributed by atoms with van der Waals surface area (Å²) in [7, 11) is 5.13. The van der Waals surface area contributed by atoms with Crippen LogP contribution in [0.3, 0.4) is 0 Å². The summed E-state index contributed by atoms with van der Waals surface area (Å²) in [6.07, 6.45) is 4.87. The lowest BCUT2D eigenvalue weighted by Gasteiger charge is -2.18. The minimum Gasteiger partial charge on any atom is -0.439 e. The maximum absolute atomic E-state index is 12.2. The Kier molecular flexibility index (Phi) is 9.97. The Hall–Kier alpha value is -3.98. The van der Waals surface area contributed by atoms with Gasteiger partial charge in [0.25, 0.3) is 11.8 Å². The van der Waals surface area contributed by atoms with Gasteiger partial charge in [0.1, 0.15) is 11.6 Å². The summed E-state index contributed by atoms with van der Waals surface area (Å²) in [4.78, 5) is 34.6. The maximum Gasteiger partial charge on any atom is 0.253 e. The number of hydrogen-bond acceptors (Lipinski definition) is 7. The van der Waals surface area contributed by atoms with Crippen LogP contribution in [-0.2, 0) is 11.2 Å². The SMILES string of the molecule is CCNC(=O)c1ccc(Nc2cnc(Oc3ccc(C(=O)N(C)C)cc3)c(CC(CC)COC)c2)nc1. The predicted octanol–water partition coefficient (Wildman–Crippen LogP) is 4.68. The minimum atomic E-state index is -0.158. The molecule has 0 aliphatic carbocycles. The average Bonchev–Trinajstić information content (AvgIpc) is 2.90. The van der Waals surface area contributed by atoms with Gasteiger partial charge in [-0.3, -0.25) is 9.59 Å². The highest BCUT2D eigenvalue weighted by Gasteiger charge is 2.16. The molecule has 9 heteroatoms. The molecule has 0 saturated carbocycles. The summed E-state index contributed by atoms with van der Waals surface area (Å²) in [6.45, 7) is 5.18. The normalized spacial score (nSPS) is 11.5. The Morgan fingerprint density at radius 1 is 1.00 bits per heavy atom. The number of ether oxygens (including phenoxy) is 2. The number of rotatable bonds is 12. The largest absolute Gasteiger partial charge is 0.439 e. The molecule has 3 rings (SSSR count). The van der Waals surface area contributed by atoms with Crippen molar-refractivity contribution >= 4 is 23.3 Å². The molecule has 0 spiro atoms. The van der Waals surface area contributed by atoms with Crippen molar-refractivity contribution in [3.05, 3.63) is 71.5 Å². The number of carbonyl (C=O) groups excluding carboxylic acids is 2. The van der Waals surface area contributed by atoms with Crippen LogP contribution in [0.5, 0.6) is 11.6 Å². The zero-order valence-electron chi connectivity index (χ0n) is 22.1. The van der Waals surface area contributed by atoms with Gasteiger partial charge in [-0.1, -0.05) is 13.3 Å². The lowest BCUT2D eigenvalue weighted by atomic mass is 9.98. The molecular weight excluding hydrogens is 470 g/mol. The van der Waals surface area contributed by atoms with Crippen LogP contribution in [0.1, 0.15) is 46.5 Å². The Bertz CT molecular complexity index is 1180. The first kappa shape index (κ1) is 27.6. The van der Waals surface area contributed by atoms with E-state index >= 15 is 0 Å². The van der Waals surface area contributed by atoms with Gasteiger partial charge in [0, 0.05) is 51.7 Å². The monoisotopic (exact) mass is 505 g/mol. The van der Waals surface area contributed by atoms with Crippen LogP contribution in [0.4, 0.5) is 11.5 Å². The van der Waals surface area contributed by atoms with E-state index in [4.69, 9.17) is 9.47 Å². The van der Waals surface area contributed by atoms with Crippen molar-refractivity contribution in [3.63, 3.8) is 0 Å². The summed E-state index contributed by atoms with van der Waals surface area (Å²) in [5, 5.41) is 6.01. The second-order valence-electron chi connectivity index (χ2n) is 8.86. The van der Waals surface area contributed by atoms with Crippen molar-refractivity contribution in [1.29, 1.82) is 0 Å². The third-order valence-electron chi connectivity index (χ3n) is 5.77. The van der Waals surface area contributed by atoms with E-state index < -0.39 is 0 Å². The van der Waals surface area contributed by atoms with Crippen LogP contribution in [-0.4, -0.2) is 61.0 Å². The van der Waals surface area contributed by atoms with Crippen LogP contribution in [0.25, 0.3) is 0 Å². The molecule has 0 saturated heterocycles. The van der Waals surface area contributed by atoms with Crippen molar-refractivity contribution in [2.24, 2.45) is 5.92 Å². The fourth-order valence-corrected chi connectivity index (χ4v) is 3.72. The molecule has 196 valence electrons. The van der Waals surface area contributed by atoms with Gasteiger partial charge in [0.2, 0.25) is 5.88 Å². The molecule has 2 aromatic heterocycles. The fraction of sp³-hybridized carbons (Fsp3) is 0.357. The van der Waals surface area contributed by atoms with Gasteiger partial charge in [-0.25, -0.2) is 9.97 Å². The van der Waals surface area contributed by atoms with Gasteiger partial charge in [-0.15, -0.1) is 0 Å². The molecule has 0 bridgehead atoms. The standard InChI is InChI=1S/C28H35N5O4/c1-6-19(18-36-5)14-22-15-23(32-25-13-10-21(16-30-25)26(34)29-7-2)17-31-27(22)37-24-11-8-20(9-12-24)28(35)33(3)4/h8-13,15-17,19H,6-7,14,18H2,1-5H3,(H,29,34)(H,30,32). The van der Waals surface area contributed by atoms with Crippen LogP contribution in [0, 0.1) is 5.92 Å². The third-order valence-corrected chi connectivity index (χ3v) is 5.77. The predicted molar refractivity (Wildman–Crippen MR) is 144 cm³/mol. The van der Waals surface area contributed by atoms with Gasteiger partial charge in [0.05, 0.1) is 17.4 Å². The molecule has 2 heterocycles. The number of aromatic nitrogens is 2. The molecule has 1 atom stereocenters. The van der Waals surface area contributed by atoms with Gasteiger partial charge in [-0.2, -0.15) is 0 Å². The van der Waals surface area contributed by atoms with E-state index in [9.17, 15) is 9.59 Å². The molecule has 1 aromatic carbocycles. The molecule has 0 radical (unpaired) electrons. The van der Waals surface area contributed by atoms with E-state index in [2.05, 4.69) is 27.5 Å². The lowest BCUT2D eigenvalue weighted by molar-refractivity contribution is 0.0827. The first-order valence-electron chi connectivity index (χ1n) is 12.3. The van der Waals surface area contributed by atoms with Crippen molar-refractivity contribution in [3.8, 4) is 11.6 Å². The van der Waals surface area contributed by atoms with Gasteiger partial charge >= 0.3 is 0 Å². The number of hydrogen-bond donors (Lipinski definition) is 2. The Morgan fingerprint density at radius 3 is 2.32 bits per heavy atom. The van der Waals surface area contributed by atoms with Crippen molar-refractivity contribution < 1.29 is 19.1 Å². The van der Waals surface area contributed by atoms with Crippen molar-refractivity contribution in [1.82, 2.24) is 20.2 Å².